The van der Waals surface area contributed by atoms with Crippen molar-refractivity contribution in [2.24, 2.45) is 0 Å². The normalized spacial score (nSPS) is 10.8. The van der Waals surface area contributed by atoms with E-state index in [9.17, 15) is 9.59 Å². The number of H-pyrrole nitrogens is 1. The number of nitrogens with two attached hydrogens (primary N) is 1. The van der Waals surface area contributed by atoms with Crippen molar-refractivity contribution in [3.63, 3.8) is 0 Å². The molecule has 0 bridgehead atoms. The van der Waals surface area contributed by atoms with Gasteiger partial charge in [0.05, 0.1) is 18.1 Å². The van der Waals surface area contributed by atoms with Gasteiger partial charge >= 0.3 is 5.97 Å². The van der Waals surface area contributed by atoms with Crippen LogP contribution in [0.5, 0.6) is 0 Å². The molecule has 2 aromatic heterocycles. The lowest BCUT2D eigenvalue weighted by molar-refractivity contribution is 0.0600. The average Bonchev–Trinajstić information content (AvgIpc) is 2.96. The van der Waals surface area contributed by atoms with Crippen molar-refractivity contribution < 1.29 is 9.53 Å². The molecule has 23 heavy (non-hydrogen) atoms. The quantitative estimate of drug-likeness (QED) is 0.715. The highest BCUT2D eigenvalue weighted by atomic mass is 32.1. The molecule has 0 atom stereocenters. The van der Waals surface area contributed by atoms with Crippen LogP contribution in [0.4, 0.5) is 5.95 Å². The number of nitrogens with one attached hydrogen (secondary N) is 1. The van der Waals surface area contributed by atoms with Crippen molar-refractivity contribution in [1.29, 1.82) is 0 Å². The number of benzene rings is 1. The summed E-state index contributed by atoms with van der Waals surface area (Å²) in [4.78, 5) is 31.6. The van der Waals surface area contributed by atoms with Crippen LogP contribution in [0, 0.1) is 0 Å². The van der Waals surface area contributed by atoms with Gasteiger partial charge in [0, 0.05) is 4.88 Å². The number of hydrogen-bond donors (Lipinski definition) is 2. The Balaban J connectivity index is 1.74. The van der Waals surface area contributed by atoms with Crippen molar-refractivity contribution in [1.82, 2.24) is 9.97 Å². The smallest absolute Gasteiger partial charge is 0.337 e. The molecule has 0 saturated carbocycles. The predicted octanol–water partition coefficient (Wildman–Crippen LogP) is 2.14. The Morgan fingerprint density at radius 1 is 1.30 bits per heavy atom. The number of aromatic nitrogens is 2. The van der Waals surface area contributed by atoms with Crippen molar-refractivity contribution in [2.45, 2.75) is 12.8 Å². The average molecular weight is 329 g/mol. The van der Waals surface area contributed by atoms with E-state index in [4.69, 9.17) is 5.73 Å². The molecule has 3 aromatic rings. The topological polar surface area (TPSA) is 98.1 Å². The van der Waals surface area contributed by atoms with Gasteiger partial charge in [0.1, 0.15) is 4.83 Å². The molecule has 118 valence electrons. The van der Waals surface area contributed by atoms with E-state index in [1.165, 1.54) is 18.4 Å². The number of thiophene rings is 1. The maximum Gasteiger partial charge on any atom is 0.337 e. The summed E-state index contributed by atoms with van der Waals surface area (Å²) in [6.45, 7) is 0. The number of aryl methyl sites for hydroxylation is 2. The van der Waals surface area contributed by atoms with Crippen molar-refractivity contribution in [3.05, 3.63) is 56.7 Å². The molecule has 2 heterocycles. The fraction of sp³-hybridized carbons (Fsp3) is 0.188. The van der Waals surface area contributed by atoms with E-state index in [2.05, 4.69) is 14.7 Å². The number of ether oxygens (including phenoxy) is 1. The molecule has 0 radical (unpaired) electrons. The van der Waals surface area contributed by atoms with Crippen LogP contribution in [0.15, 0.2) is 35.1 Å². The van der Waals surface area contributed by atoms with Gasteiger partial charge in [-0.2, -0.15) is 0 Å². The second-order valence-corrected chi connectivity index (χ2v) is 6.19. The zero-order chi connectivity index (χ0) is 16.4. The first-order chi connectivity index (χ1) is 11.1. The number of rotatable bonds is 4. The molecule has 1 aromatic carbocycles. The lowest BCUT2D eigenvalue weighted by atomic mass is 10.1. The van der Waals surface area contributed by atoms with Crippen LogP contribution < -0.4 is 11.3 Å². The van der Waals surface area contributed by atoms with Gasteiger partial charge in [0.25, 0.3) is 5.56 Å². The molecule has 0 aliphatic rings. The number of aromatic amines is 1. The van der Waals surface area contributed by atoms with E-state index in [1.54, 1.807) is 12.1 Å². The number of nitrogens with zero attached hydrogens (tertiary/aromatic N) is 1. The van der Waals surface area contributed by atoms with Crippen LogP contribution in [0.25, 0.3) is 10.2 Å². The number of carbonyl (C=O) groups excluding carboxylic acids is 1. The van der Waals surface area contributed by atoms with Crippen LogP contribution in [-0.4, -0.2) is 23.0 Å². The highest BCUT2D eigenvalue weighted by Crippen LogP contribution is 2.23. The van der Waals surface area contributed by atoms with E-state index >= 15 is 0 Å². The first-order valence-electron chi connectivity index (χ1n) is 7.02. The maximum absolute atomic E-state index is 11.8. The molecule has 0 fully saturated rings. The maximum atomic E-state index is 11.8. The van der Waals surface area contributed by atoms with Crippen LogP contribution >= 0.6 is 11.3 Å². The van der Waals surface area contributed by atoms with E-state index in [-0.39, 0.29) is 17.5 Å². The first-order valence-corrected chi connectivity index (χ1v) is 7.84. The summed E-state index contributed by atoms with van der Waals surface area (Å²) in [5.41, 5.74) is 6.98. The Kier molecular flexibility index (Phi) is 4.12. The molecule has 3 N–H and O–H groups in total. The number of nitrogen functional groups attached to an aromatic ring is 1. The Morgan fingerprint density at radius 3 is 2.74 bits per heavy atom. The van der Waals surface area contributed by atoms with Crippen LogP contribution in [0.2, 0.25) is 0 Å². The minimum atomic E-state index is -0.344. The number of esters is 1. The van der Waals surface area contributed by atoms with Gasteiger partial charge in [-0.3, -0.25) is 9.78 Å². The molecular weight excluding hydrogens is 314 g/mol. The van der Waals surface area contributed by atoms with Crippen molar-refractivity contribution >= 4 is 33.5 Å². The van der Waals surface area contributed by atoms with E-state index in [1.807, 2.05) is 18.2 Å². The SMILES string of the molecule is COC(=O)c1ccc(CCc2cc3c(=O)[nH]c(N)nc3s2)cc1. The Morgan fingerprint density at radius 2 is 2.04 bits per heavy atom. The third kappa shape index (κ3) is 3.24. The number of fused-ring (bicyclic) bond motifs is 1. The summed E-state index contributed by atoms with van der Waals surface area (Å²) in [7, 11) is 1.36. The Labute approximate surface area is 135 Å². The highest BCUT2D eigenvalue weighted by Gasteiger charge is 2.09. The molecule has 0 saturated heterocycles. The second kappa shape index (κ2) is 6.21. The molecule has 0 aliphatic heterocycles. The largest absolute Gasteiger partial charge is 0.465 e. The minimum absolute atomic E-state index is 0.134. The van der Waals surface area contributed by atoms with Gasteiger partial charge in [0.15, 0.2) is 0 Å². The Bertz CT molecular complexity index is 912. The molecule has 3 rings (SSSR count). The third-order valence-corrected chi connectivity index (χ3v) is 4.60. The zero-order valence-electron chi connectivity index (χ0n) is 12.5. The van der Waals surface area contributed by atoms with Crippen molar-refractivity contribution in [3.8, 4) is 0 Å². The van der Waals surface area contributed by atoms with Crippen molar-refractivity contribution in [2.75, 3.05) is 12.8 Å². The fourth-order valence-corrected chi connectivity index (χ4v) is 3.35. The van der Waals surface area contributed by atoms with E-state index in [0.29, 0.717) is 15.8 Å². The number of methoxy groups -OCH3 is 1. The molecule has 0 amide bonds. The summed E-state index contributed by atoms with van der Waals surface area (Å²) < 4.78 is 4.67. The highest BCUT2D eigenvalue weighted by molar-refractivity contribution is 7.18. The van der Waals surface area contributed by atoms with Gasteiger partial charge < -0.3 is 10.5 Å². The lowest BCUT2D eigenvalue weighted by Gasteiger charge is -2.02. The molecular formula is C16H15N3O3S. The van der Waals surface area contributed by atoms with Crippen LogP contribution in [-0.2, 0) is 17.6 Å². The van der Waals surface area contributed by atoms with Crippen LogP contribution in [0.1, 0.15) is 20.8 Å². The third-order valence-electron chi connectivity index (χ3n) is 3.51. The molecule has 0 spiro atoms. The Hall–Kier alpha value is -2.67. The van der Waals surface area contributed by atoms with Gasteiger partial charge in [0.2, 0.25) is 5.95 Å². The lowest BCUT2D eigenvalue weighted by Crippen LogP contribution is -2.09. The zero-order valence-corrected chi connectivity index (χ0v) is 13.3. The summed E-state index contributed by atoms with van der Waals surface area (Å²) in [5, 5.41) is 0.570. The number of carbonyl (C=O) groups is 1. The van der Waals surface area contributed by atoms with Gasteiger partial charge in [-0.1, -0.05) is 12.1 Å². The minimum Gasteiger partial charge on any atom is -0.465 e. The molecule has 0 unspecified atom stereocenters. The first kappa shape index (κ1) is 15.2. The molecule has 6 nitrogen and oxygen atoms in total. The molecule has 0 aliphatic carbocycles. The second-order valence-electron chi connectivity index (χ2n) is 5.07. The molecule has 7 heteroatoms. The monoisotopic (exact) mass is 329 g/mol. The van der Waals surface area contributed by atoms with E-state index in [0.717, 1.165) is 23.3 Å². The van der Waals surface area contributed by atoms with Gasteiger partial charge in [-0.25, -0.2) is 9.78 Å². The fourth-order valence-electron chi connectivity index (χ4n) is 2.31. The number of hydrogen-bond acceptors (Lipinski definition) is 6. The summed E-state index contributed by atoms with van der Waals surface area (Å²) in [5.74, 6) is -0.210. The predicted molar refractivity (Wildman–Crippen MR) is 89.8 cm³/mol. The summed E-state index contributed by atoms with van der Waals surface area (Å²) in [6, 6.07) is 9.16. The van der Waals surface area contributed by atoms with E-state index < -0.39 is 0 Å². The summed E-state index contributed by atoms with van der Waals surface area (Å²) >= 11 is 1.47. The van der Waals surface area contributed by atoms with Gasteiger partial charge in [-0.05, 0) is 36.6 Å². The summed E-state index contributed by atoms with van der Waals surface area (Å²) in [6.07, 6.45) is 1.60. The standard InChI is InChI=1S/C16H15N3O3S/c1-22-15(21)10-5-2-9(3-6-10)4-7-11-8-12-13(20)18-16(17)19-14(12)23-11/h2-3,5-6,8H,4,7H2,1H3,(H3,17,18,19,20). The number of anilines is 1. The van der Waals surface area contributed by atoms with Crippen LogP contribution in [0.3, 0.4) is 0 Å². The van der Waals surface area contributed by atoms with Gasteiger partial charge in [-0.15, -0.1) is 11.3 Å².